The second-order valence-corrected chi connectivity index (χ2v) is 10.6. The lowest BCUT2D eigenvalue weighted by Gasteiger charge is -2.32. The number of carbonyl (C=O) groups excluding carboxylic acids is 1. The largest absolute Gasteiger partial charge is 0.465 e. The van der Waals surface area contributed by atoms with Crippen molar-refractivity contribution in [2.45, 2.75) is 44.8 Å². The minimum atomic E-state index is -1.05. The summed E-state index contributed by atoms with van der Waals surface area (Å²) in [5.74, 6) is 1.59. The van der Waals surface area contributed by atoms with E-state index >= 15 is 0 Å². The number of hydrogen-bond donors (Lipinski definition) is 3. The smallest absolute Gasteiger partial charge is 0.404 e. The van der Waals surface area contributed by atoms with Crippen LogP contribution in [0, 0.1) is 5.92 Å². The molecule has 2 aromatic heterocycles. The third kappa shape index (κ3) is 3.89. The van der Waals surface area contributed by atoms with Gasteiger partial charge in [0.05, 0.1) is 22.4 Å². The van der Waals surface area contributed by atoms with E-state index in [4.69, 9.17) is 10.1 Å². The van der Waals surface area contributed by atoms with Gasteiger partial charge in [-0.25, -0.2) is 9.78 Å². The van der Waals surface area contributed by atoms with Crippen LogP contribution in [0.3, 0.4) is 0 Å². The van der Waals surface area contributed by atoms with Crippen molar-refractivity contribution in [3.05, 3.63) is 48.0 Å². The molecular formula is C28H30N6O3. The van der Waals surface area contributed by atoms with Gasteiger partial charge in [-0.3, -0.25) is 4.79 Å². The van der Waals surface area contributed by atoms with Crippen LogP contribution in [0.2, 0.25) is 0 Å². The fourth-order valence-corrected chi connectivity index (χ4v) is 6.03. The maximum atomic E-state index is 13.5. The molecule has 4 aromatic rings. The number of likely N-dealkylation sites (tertiary alicyclic amines) is 1. The molecule has 2 amide bonds. The molecule has 0 unspecified atom stereocenters. The molecule has 2 fully saturated rings. The molecule has 9 nitrogen and oxygen atoms in total. The molecule has 1 saturated carbocycles. The van der Waals surface area contributed by atoms with Gasteiger partial charge < -0.3 is 29.8 Å². The van der Waals surface area contributed by atoms with E-state index < -0.39 is 6.09 Å². The van der Waals surface area contributed by atoms with Crippen LogP contribution in [0.5, 0.6) is 0 Å². The standard InChI is InChI=1S/C28H30N6O3/c35-27(32-10-3-5-20(16-32)30-28(36)37)19-12-21-25-22(13-19)31-26(33(25)11-9-29-21)24-14-18-4-1-2-6-23(18)34(24)15-17-7-8-17/h1-2,4,6,12-14,17,20,29-30H,3,5,7-11,15-16H2,(H,36,37)/t20-/m1/s1. The topological polar surface area (TPSA) is 104 Å². The highest BCUT2D eigenvalue weighted by molar-refractivity contribution is 6.03. The Balaban J connectivity index is 1.29. The summed E-state index contributed by atoms with van der Waals surface area (Å²) in [6.07, 6.45) is 3.02. The lowest BCUT2D eigenvalue weighted by Crippen LogP contribution is -2.49. The molecule has 37 heavy (non-hydrogen) atoms. The van der Waals surface area contributed by atoms with Crippen LogP contribution in [-0.2, 0) is 13.1 Å². The second-order valence-electron chi connectivity index (χ2n) is 10.6. The third-order valence-corrected chi connectivity index (χ3v) is 7.95. The highest BCUT2D eigenvalue weighted by atomic mass is 16.4. The number of nitrogens with zero attached hydrogens (tertiary/aromatic N) is 4. The molecule has 3 aliphatic rings. The van der Waals surface area contributed by atoms with E-state index in [0.29, 0.717) is 18.7 Å². The minimum absolute atomic E-state index is 0.0821. The van der Waals surface area contributed by atoms with Crippen molar-refractivity contribution < 1.29 is 14.7 Å². The number of piperidine rings is 1. The molecule has 4 heterocycles. The van der Waals surface area contributed by atoms with Gasteiger partial charge in [0.15, 0.2) is 5.82 Å². The number of imidazole rings is 1. The third-order valence-electron chi connectivity index (χ3n) is 7.95. The van der Waals surface area contributed by atoms with Crippen molar-refractivity contribution in [3.63, 3.8) is 0 Å². The Kier molecular flexibility index (Phi) is 5.12. The SMILES string of the molecule is O=C(O)N[C@@H]1CCCN(C(=O)c2cc3c4c(c2)nc(-c2cc5ccccc5n2CC2CC2)n4CCN3)C1. The molecule has 2 aliphatic heterocycles. The van der Waals surface area contributed by atoms with Crippen molar-refractivity contribution in [1.82, 2.24) is 24.3 Å². The van der Waals surface area contributed by atoms with Crippen molar-refractivity contribution in [2.75, 3.05) is 25.0 Å². The van der Waals surface area contributed by atoms with Crippen LogP contribution in [0.1, 0.15) is 36.0 Å². The Hall–Kier alpha value is -4.01. The van der Waals surface area contributed by atoms with E-state index in [9.17, 15) is 9.59 Å². The Morgan fingerprint density at radius 3 is 2.81 bits per heavy atom. The first-order valence-electron chi connectivity index (χ1n) is 13.2. The van der Waals surface area contributed by atoms with Crippen molar-refractivity contribution in [3.8, 4) is 11.5 Å². The van der Waals surface area contributed by atoms with Crippen LogP contribution >= 0.6 is 0 Å². The van der Waals surface area contributed by atoms with E-state index in [-0.39, 0.29) is 11.9 Å². The summed E-state index contributed by atoms with van der Waals surface area (Å²) in [4.78, 5) is 31.5. The average Bonchev–Trinajstić information content (AvgIpc) is 3.55. The zero-order valence-corrected chi connectivity index (χ0v) is 20.6. The molecule has 2 aromatic carbocycles. The highest BCUT2D eigenvalue weighted by Crippen LogP contribution is 2.38. The highest BCUT2D eigenvalue weighted by Gasteiger charge is 2.29. The molecule has 190 valence electrons. The number of hydrogen-bond acceptors (Lipinski definition) is 4. The van der Waals surface area contributed by atoms with E-state index in [1.54, 1.807) is 4.90 Å². The zero-order chi connectivity index (χ0) is 25.1. The predicted molar refractivity (Wildman–Crippen MR) is 142 cm³/mol. The number of fused-ring (bicyclic) bond motifs is 1. The van der Waals surface area contributed by atoms with Gasteiger partial charge in [-0.1, -0.05) is 18.2 Å². The Morgan fingerprint density at radius 2 is 1.97 bits per heavy atom. The number of amides is 2. The number of para-hydroxylation sites is 1. The monoisotopic (exact) mass is 498 g/mol. The van der Waals surface area contributed by atoms with Gasteiger partial charge in [0.2, 0.25) is 0 Å². The van der Waals surface area contributed by atoms with E-state index in [2.05, 4.69) is 50.1 Å². The molecule has 7 rings (SSSR count). The van der Waals surface area contributed by atoms with Crippen LogP contribution in [0.25, 0.3) is 33.5 Å². The summed E-state index contributed by atoms with van der Waals surface area (Å²) >= 11 is 0. The molecule has 1 saturated heterocycles. The summed E-state index contributed by atoms with van der Waals surface area (Å²) in [6, 6.07) is 14.4. The molecule has 1 aliphatic carbocycles. The van der Waals surface area contributed by atoms with Gasteiger partial charge in [0.25, 0.3) is 5.91 Å². The molecule has 3 N–H and O–H groups in total. The summed E-state index contributed by atoms with van der Waals surface area (Å²) in [7, 11) is 0. The van der Waals surface area contributed by atoms with Crippen LogP contribution in [0.4, 0.5) is 10.5 Å². The van der Waals surface area contributed by atoms with Gasteiger partial charge in [0, 0.05) is 55.2 Å². The minimum Gasteiger partial charge on any atom is -0.465 e. The number of anilines is 1. The van der Waals surface area contributed by atoms with Crippen LogP contribution < -0.4 is 10.6 Å². The summed E-state index contributed by atoms with van der Waals surface area (Å²) in [5, 5.41) is 16.3. The first-order valence-corrected chi connectivity index (χ1v) is 13.2. The number of benzene rings is 2. The quantitative estimate of drug-likeness (QED) is 0.379. The summed E-state index contributed by atoms with van der Waals surface area (Å²) < 4.78 is 4.72. The zero-order valence-electron chi connectivity index (χ0n) is 20.6. The summed E-state index contributed by atoms with van der Waals surface area (Å²) in [6.45, 7) is 3.58. The van der Waals surface area contributed by atoms with Gasteiger partial charge in [-0.15, -0.1) is 0 Å². The Bertz CT molecular complexity index is 1550. The number of aromatic nitrogens is 3. The number of carboxylic acid groups (broad SMARTS) is 1. The first-order chi connectivity index (χ1) is 18.0. The predicted octanol–water partition coefficient (Wildman–Crippen LogP) is 4.37. The first kappa shape index (κ1) is 22.2. The Labute approximate surface area is 214 Å². The maximum absolute atomic E-state index is 13.5. The van der Waals surface area contributed by atoms with E-state index in [1.165, 1.54) is 23.7 Å². The van der Waals surface area contributed by atoms with Crippen molar-refractivity contribution >= 4 is 39.6 Å². The molecule has 0 radical (unpaired) electrons. The van der Waals surface area contributed by atoms with Crippen LogP contribution in [-0.4, -0.2) is 61.8 Å². The number of carbonyl (C=O) groups is 2. The normalized spacial score (nSPS) is 19.2. The molecule has 9 heteroatoms. The Morgan fingerprint density at radius 1 is 1.11 bits per heavy atom. The maximum Gasteiger partial charge on any atom is 0.404 e. The van der Waals surface area contributed by atoms with Crippen molar-refractivity contribution in [2.24, 2.45) is 5.92 Å². The molecule has 0 bridgehead atoms. The molecule has 0 spiro atoms. The lowest BCUT2D eigenvalue weighted by atomic mass is 10.0. The van der Waals surface area contributed by atoms with E-state index in [0.717, 1.165) is 66.6 Å². The van der Waals surface area contributed by atoms with Crippen LogP contribution in [0.15, 0.2) is 42.5 Å². The summed E-state index contributed by atoms with van der Waals surface area (Å²) in [5.41, 5.74) is 5.72. The second kappa shape index (κ2) is 8.54. The molecular weight excluding hydrogens is 468 g/mol. The number of nitrogens with one attached hydrogen (secondary N) is 2. The van der Waals surface area contributed by atoms with Gasteiger partial charge >= 0.3 is 6.09 Å². The van der Waals surface area contributed by atoms with E-state index in [1.807, 2.05) is 12.1 Å². The number of rotatable bonds is 5. The fraction of sp³-hybridized carbons (Fsp3) is 0.393. The average molecular weight is 499 g/mol. The van der Waals surface area contributed by atoms with Gasteiger partial charge in [-0.05, 0) is 55.9 Å². The molecule has 1 atom stereocenters. The lowest BCUT2D eigenvalue weighted by molar-refractivity contribution is 0.0692. The fourth-order valence-electron chi connectivity index (χ4n) is 6.03. The van der Waals surface area contributed by atoms with Gasteiger partial charge in [0.1, 0.15) is 0 Å². The van der Waals surface area contributed by atoms with Gasteiger partial charge in [-0.2, -0.15) is 0 Å². The van der Waals surface area contributed by atoms with Crippen molar-refractivity contribution in [1.29, 1.82) is 0 Å².